The maximum atomic E-state index is 5.91. The Bertz CT molecular complexity index is 522. The maximum absolute atomic E-state index is 5.91. The number of hydrogen-bond donors (Lipinski definition) is 2. The topological polar surface area (TPSA) is 38.0 Å². The quantitative estimate of drug-likeness (QED) is 0.768. The molecule has 0 saturated heterocycles. The van der Waals surface area contributed by atoms with Crippen molar-refractivity contribution >= 4 is 17.1 Å². The van der Waals surface area contributed by atoms with Gasteiger partial charge >= 0.3 is 0 Å². The van der Waals surface area contributed by atoms with Gasteiger partial charge in [0.15, 0.2) is 0 Å². The monoisotopic (exact) mass is 240 g/mol. The van der Waals surface area contributed by atoms with Gasteiger partial charge < -0.3 is 11.1 Å². The van der Waals surface area contributed by atoms with E-state index in [1.54, 1.807) is 0 Å². The zero-order valence-corrected chi connectivity index (χ0v) is 11.2. The van der Waals surface area contributed by atoms with Crippen molar-refractivity contribution in [2.45, 2.75) is 26.2 Å². The van der Waals surface area contributed by atoms with Crippen LogP contribution in [0, 0.1) is 0 Å². The molecule has 0 fully saturated rings. The molecule has 94 valence electrons. The lowest BCUT2D eigenvalue weighted by atomic mass is 9.87. The van der Waals surface area contributed by atoms with E-state index in [2.05, 4.69) is 50.4 Å². The first-order chi connectivity index (χ1) is 8.47. The molecule has 0 aliphatic rings. The molecule has 3 N–H and O–H groups in total. The average molecular weight is 240 g/mol. The van der Waals surface area contributed by atoms with Crippen molar-refractivity contribution in [3.05, 3.63) is 54.1 Å². The number of nitrogens with one attached hydrogen (secondary N) is 1. The minimum atomic E-state index is 0.185. The summed E-state index contributed by atoms with van der Waals surface area (Å²) in [7, 11) is 0. The van der Waals surface area contributed by atoms with E-state index in [1.165, 1.54) is 5.56 Å². The summed E-state index contributed by atoms with van der Waals surface area (Å²) >= 11 is 0. The van der Waals surface area contributed by atoms with E-state index in [9.17, 15) is 0 Å². The molecule has 0 amide bonds. The van der Waals surface area contributed by atoms with E-state index >= 15 is 0 Å². The Morgan fingerprint density at radius 1 is 0.889 bits per heavy atom. The highest BCUT2D eigenvalue weighted by Gasteiger charge is 2.12. The van der Waals surface area contributed by atoms with E-state index in [4.69, 9.17) is 5.73 Å². The van der Waals surface area contributed by atoms with Crippen LogP contribution in [0.4, 0.5) is 17.1 Å². The summed E-state index contributed by atoms with van der Waals surface area (Å²) in [6, 6.07) is 16.3. The Morgan fingerprint density at radius 3 is 2.06 bits per heavy atom. The first-order valence-electron chi connectivity index (χ1n) is 6.19. The second-order valence-electron chi connectivity index (χ2n) is 5.54. The zero-order chi connectivity index (χ0) is 13.2. The fraction of sp³-hybridized carbons (Fsp3) is 0.250. The second-order valence-corrected chi connectivity index (χ2v) is 5.54. The highest BCUT2D eigenvalue weighted by molar-refractivity contribution is 5.72. The van der Waals surface area contributed by atoms with Gasteiger partial charge in [-0.25, -0.2) is 0 Å². The Morgan fingerprint density at radius 2 is 1.50 bits per heavy atom. The van der Waals surface area contributed by atoms with Crippen LogP contribution in [0.15, 0.2) is 48.5 Å². The summed E-state index contributed by atoms with van der Waals surface area (Å²) in [5.74, 6) is 0. The number of nitrogens with two attached hydrogens (primary N) is 1. The van der Waals surface area contributed by atoms with Crippen molar-refractivity contribution in [1.82, 2.24) is 0 Å². The highest BCUT2D eigenvalue weighted by Crippen LogP contribution is 2.26. The van der Waals surface area contributed by atoms with Crippen molar-refractivity contribution in [3.8, 4) is 0 Å². The van der Waals surface area contributed by atoms with Crippen molar-refractivity contribution in [3.63, 3.8) is 0 Å². The SMILES string of the molecule is CC(C)(C)c1ccc(Nc2ccccc2N)cc1. The summed E-state index contributed by atoms with van der Waals surface area (Å²) in [4.78, 5) is 0. The number of benzene rings is 2. The predicted octanol–water partition coefficient (Wildman–Crippen LogP) is 4.31. The lowest BCUT2D eigenvalue weighted by Crippen LogP contribution is -2.10. The number of hydrogen-bond acceptors (Lipinski definition) is 2. The lowest BCUT2D eigenvalue weighted by molar-refractivity contribution is 0.590. The maximum Gasteiger partial charge on any atom is 0.0617 e. The van der Waals surface area contributed by atoms with Crippen LogP contribution in [0.2, 0.25) is 0 Å². The summed E-state index contributed by atoms with van der Waals surface area (Å²) in [5, 5.41) is 3.33. The minimum Gasteiger partial charge on any atom is -0.397 e. The van der Waals surface area contributed by atoms with Gasteiger partial charge in [0, 0.05) is 5.69 Å². The summed E-state index contributed by atoms with van der Waals surface area (Å²) in [6.45, 7) is 6.64. The largest absolute Gasteiger partial charge is 0.397 e. The van der Waals surface area contributed by atoms with Gasteiger partial charge in [0.25, 0.3) is 0 Å². The van der Waals surface area contributed by atoms with Crippen LogP contribution >= 0.6 is 0 Å². The lowest BCUT2D eigenvalue weighted by Gasteiger charge is -2.19. The van der Waals surface area contributed by atoms with Gasteiger partial charge in [-0.2, -0.15) is 0 Å². The fourth-order valence-electron chi connectivity index (χ4n) is 1.82. The smallest absolute Gasteiger partial charge is 0.0617 e. The third-order valence-electron chi connectivity index (χ3n) is 2.99. The van der Waals surface area contributed by atoms with Crippen LogP contribution in [-0.2, 0) is 5.41 Å². The predicted molar refractivity (Wildman–Crippen MR) is 79.3 cm³/mol. The van der Waals surface area contributed by atoms with Gasteiger partial charge in [0.05, 0.1) is 11.4 Å². The number of nitrogen functional groups attached to an aromatic ring is 1. The van der Waals surface area contributed by atoms with Crippen molar-refractivity contribution < 1.29 is 0 Å². The van der Waals surface area contributed by atoms with Crippen molar-refractivity contribution in [1.29, 1.82) is 0 Å². The number of anilines is 3. The minimum absolute atomic E-state index is 0.185. The van der Waals surface area contributed by atoms with Crippen LogP contribution in [0.25, 0.3) is 0 Å². The van der Waals surface area contributed by atoms with Gasteiger partial charge in [0.1, 0.15) is 0 Å². The summed E-state index contributed by atoms with van der Waals surface area (Å²) in [6.07, 6.45) is 0. The summed E-state index contributed by atoms with van der Waals surface area (Å²) < 4.78 is 0. The number of para-hydroxylation sites is 2. The molecule has 0 aliphatic heterocycles. The average Bonchev–Trinajstić information content (AvgIpc) is 2.32. The molecule has 0 heterocycles. The molecule has 2 heteroatoms. The Balaban J connectivity index is 2.19. The molecule has 2 aromatic carbocycles. The second kappa shape index (κ2) is 4.73. The highest BCUT2D eigenvalue weighted by atomic mass is 14.9. The first kappa shape index (κ1) is 12.5. The molecule has 0 atom stereocenters. The van der Waals surface area contributed by atoms with Crippen LogP contribution < -0.4 is 11.1 Å². The van der Waals surface area contributed by atoms with Crippen LogP contribution in [0.3, 0.4) is 0 Å². The molecular formula is C16H20N2. The van der Waals surface area contributed by atoms with Gasteiger partial charge in [-0.05, 0) is 35.2 Å². The third-order valence-corrected chi connectivity index (χ3v) is 2.99. The molecule has 0 aliphatic carbocycles. The third kappa shape index (κ3) is 2.83. The molecule has 2 aromatic rings. The van der Waals surface area contributed by atoms with Gasteiger partial charge in [-0.3, -0.25) is 0 Å². The first-order valence-corrected chi connectivity index (χ1v) is 6.19. The molecule has 0 spiro atoms. The molecule has 18 heavy (non-hydrogen) atoms. The molecule has 0 unspecified atom stereocenters. The normalized spacial score (nSPS) is 11.3. The molecular weight excluding hydrogens is 220 g/mol. The van der Waals surface area contributed by atoms with Crippen LogP contribution in [-0.4, -0.2) is 0 Å². The molecule has 0 radical (unpaired) electrons. The van der Waals surface area contributed by atoms with Crippen molar-refractivity contribution in [2.24, 2.45) is 0 Å². The van der Waals surface area contributed by atoms with E-state index < -0.39 is 0 Å². The molecule has 0 saturated carbocycles. The molecule has 0 aromatic heterocycles. The standard InChI is InChI=1S/C16H20N2/c1-16(2,3)12-8-10-13(11-9-12)18-15-7-5-4-6-14(15)17/h4-11,18H,17H2,1-3H3. The summed E-state index contributed by atoms with van der Waals surface area (Å²) in [5.41, 5.74) is 10.2. The van der Waals surface area contributed by atoms with E-state index in [-0.39, 0.29) is 5.41 Å². The molecule has 2 nitrogen and oxygen atoms in total. The van der Waals surface area contributed by atoms with Crippen molar-refractivity contribution in [2.75, 3.05) is 11.1 Å². The Kier molecular flexibility index (Phi) is 3.28. The fourth-order valence-corrected chi connectivity index (χ4v) is 1.82. The van der Waals surface area contributed by atoms with Crippen LogP contribution in [0.1, 0.15) is 26.3 Å². The zero-order valence-electron chi connectivity index (χ0n) is 11.2. The van der Waals surface area contributed by atoms with E-state index in [0.717, 1.165) is 17.1 Å². The molecule has 0 bridgehead atoms. The molecule has 2 rings (SSSR count). The van der Waals surface area contributed by atoms with E-state index in [0.29, 0.717) is 0 Å². The Labute approximate surface area is 109 Å². The van der Waals surface area contributed by atoms with Gasteiger partial charge in [0.2, 0.25) is 0 Å². The number of rotatable bonds is 2. The van der Waals surface area contributed by atoms with Gasteiger partial charge in [-0.1, -0.05) is 45.0 Å². The van der Waals surface area contributed by atoms with E-state index in [1.807, 2.05) is 24.3 Å². The van der Waals surface area contributed by atoms with Crippen LogP contribution in [0.5, 0.6) is 0 Å². The van der Waals surface area contributed by atoms with Gasteiger partial charge in [-0.15, -0.1) is 0 Å². The Hall–Kier alpha value is -1.96.